The highest BCUT2D eigenvalue weighted by atomic mass is 19.4. The summed E-state index contributed by atoms with van der Waals surface area (Å²) in [5, 5.41) is 9.13. The van der Waals surface area contributed by atoms with E-state index < -0.39 is 24.4 Å². The smallest absolute Gasteiger partial charge is 0.481 e. The molecule has 4 nitrogen and oxygen atoms in total. The summed E-state index contributed by atoms with van der Waals surface area (Å²) in [6.45, 7) is 0.388. The molecule has 1 aliphatic heterocycles. The second-order valence-electron chi connectivity index (χ2n) is 4.50. The van der Waals surface area contributed by atoms with E-state index in [1.165, 1.54) is 18.2 Å². The molecule has 0 amide bonds. The fourth-order valence-corrected chi connectivity index (χ4v) is 2.25. The Labute approximate surface area is 113 Å². The van der Waals surface area contributed by atoms with Gasteiger partial charge in [0.1, 0.15) is 5.75 Å². The maximum absolute atomic E-state index is 12.2. The number of alkyl halides is 3. The fraction of sp³-hybridized carbons (Fsp3) is 0.462. The Morgan fingerprint density at radius 2 is 2.15 bits per heavy atom. The molecule has 1 aromatic rings. The molecular formula is C13H13F3O4. The van der Waals surface area contributed by atoms with E-state index in [0.717, 1.165) is 6.07 Å². The number of benzene rings is 1. The van der Waals surface area contributed by atoms with E-state index >= 15 is 0 Å². The molecule has 1 aliphatic rings. The largest absolute Gasteiger partial charge is 0.573 e. The molecule has 1 fully saturated rings. The minimum Gasteiger partial charge on any atom is -0.481 e. The summed E-state index contributed by atoms with van der Waals surface area (Å²) in [5.74, 6) is -2.16. The average Bonchev–Trinajstić information content (AvgIpc) is 2.37. The Hall–Kier alpha value is -1.76. The maximum atomic E-state index is 12.2. The Balaban J connectivity index is 2.22. The molecule has 1 aromatic carbocycles. The molecule has 1 heterocycles. The lowest BCUT2D eigenvalue weighted by Crippen LogP contribution is -2.29. The van der Waals surface area contributed by atoms with Crippen LogP contribution in [0, 0.1) is 5.92 Å². The van der Waals surface area contributed by atoms with E-state index in [1.807, 2.05) is 0 Å². The van der Waals surface area contributed by atoms with Crippen molar-refractivity contribution < 1.29 is 32.5 Å². The molecule has 0 saturated carbocycles. The summed E-state index contributed by atoms with van der Waals surface area (Å²) in [7, 11) is 0. The number of carboxylic acids is 1. The number of hydrogen-bond donors (Lipinski definition) is 1. The summed E-state index contributed by atoms with van der Waals surface area (Å²) in [6.07, 6.45) is -4.48. The first-order valence-corrected chi connectivity index (χ1v) is 6.07. The van der Waals surface area contributed by atoms with Crippen LogP contribution in [0.25, 0.3) is 0 Å². The monoisotopic (exact) mass is 290 g/mol. The number of ether oxygens (including phenoxy) is 2. The average molecular weight is 290 g/mol. The van der Waals surface area contributed by atoms with E-state index in [9.17, 15) is 18.0 Å². The molecule has 2 rings (SSSR count). The molecular weight excluding hydrogens is 277 g/mol. The predicted molar refractivity (Wildman–Crippen MR) is 62.2 cm³/mol. The Bertz CT molecular complexity index is 487. The fourth-order valence-electron chi connectivity index (χ4n) is 2.25. The summed E-state index contributed by atoms with van der Waals surface area (Å²) >= 11 is 0. The van der Waals surface area contributed by atoms with Crippen LogP contribution < -0.4 is 4.74 Å². The van der Waals surface area contributed by atoms with Gasteiger partial charge in [-0.3, -0.25) is 4.79 Å². The van der Waals surface area contributed by atoms with Gasteiger partial charge in [0.2, 0.25) is 0 Å². The lowest BCUT2D eigenvalue weighted by molar-refractivity contribution is -0.274. The van der Waals surface area contributed by atoms with Crippen LogP contribution in [0.15, 0.2) is 24.3 Å². The Morgan fingerprint density at radius 1 is 1.40 bits per heavy atom. The first-order chi connectivity index (χ1) is 9.37. The maximum Gasteiger partial charge on any atom is 0.573 e. The molecule has 20 heavy (non-hydrogen) atoms. The first kappa shape index (κ1) is 14.6. The minimum absolute atomic E-state index is 0.374. The lowest BCUT2D eigenvalue weighted by Gasteiger charge is -2.29. The highest BCUT2D eigenvalue weighted by Crippen LogP contribution is 2.35. The molecule has 2 unspecified atom stereocenters. The number of carbonyl (C=O) groups is 1. The third-order valence-corrected chi connectivity index (χ3v) is 3.06. The molecule has 0 aromatic heterocycles. The van der Waals surface area contributed by atoms with Crippen molar-refractivity contribution in [1.82, 2.24) is 0 Å². The summed E-state index contributed by atoms with van der Waals surface area (Å²) in [6, 6.07) is 5.25. The number of halogens is 3. The third kappa shape index (κ3) is 3.63. The van der Waals surface area contributed by atoms with Crippen molar-refractivity contribution in [3.05, 3.63) is 29.8 Å². The van der Waals surface area contributed by atoms with Crippen molar-refractivity contribution in [3.8, 4) is 5.75 Å². The van der Waals surface area contributed by atoms with Crippen LogP contribution in [-0.2, 0) is 9.53 Å². The molecule has 0 aliphatic carbocycles. The van der Waals surface area contributed by atoms with Crippen molar-refractivity contribution in [2.75, 3.05) is 6.61 Å². The molecule has 7 heteroatoms. The van der Waals surface area contributed by atoms with Gasteiger partial charge in [0.25, 0.3) is 0 Å². The van der Waals surface area contributed by atoms with E-state index in [1.54, 1.807) is 0 Å². The van der Waals surface area contributed by atoms with Gasteiger partial charge in [-0.2, -0.15) is 0 Å². The molecule has 110 valence electrons. The summed E-state index contributed by atoms with van der Waals surface area (Å²) < 4.78 is 45.7. The van der Waals surface area contributed by atoms with Crippen molar-refractivity contribution in [2.45, 2.75) is 25.3 Å². The normalized spacial score (nSPS) is 23.4. The molecule has 1 N–H and O–H groups in total. The minimum atomic E-state index is -4.78. The van der Waals surface area contributed by atoms with Crippen LogP contribution in [0.5, 0.6) is 5.75 Å². The highest BCUT2D eigenvalue weighted by molar-refractivity contribution is 5.71. The quantitative estimate of drug-likeness (QED) is 0.929. The standard InChI is InChI=1S/C13H13F3O4/c14-13(15,16)20-9-4-1-3-8(7-9)11-10(12(17)18)5-2-6-19-11/h1,3-4,7,10-11H,2,5-6H2,(H,17,18). The van der Waals surface area contributed by atoms with Crippen molar-refractivity contribution >= 4 is 5.97 Å². The summed E-state index contributed by atoms with van der Waals surface area (Å²) in [4.78, 5) is 11.2. The first-order valence-electron chi connectivity index (χ1n) is 6.07. The van der Waals surface area contributed by atoms with E-state index in [0.29, 0.717) is 25.0 Å². The van der Waals surface area contributed by atoms with E-state index in [2.05, 4.69) is 4.74 Å². The van der Waals surface area contributed by atoms with Crippen LogP contribution in [0.4, 0.5) is 13.2 Å². The number of rotatable bonds is 3. The van der Waals surface area contributed by atoms with Crippen LogP contribution in [-0.4, -0.2) is 24.0 Å². The number of carboxylic acid groups (broad SMARTS) is 1. The van der Waals surface area contributed by atoms with Gasteiger partial charge in [-0.1, -0.05) is 12.1 Å². The predicted octanol–water partition coefficient (Wildman–Crippen LogP) is 3.14. The zero-order valence-electron chi connectivity index (χ0n) is 10.4. The van der Waals surface area contributed by atoms with Gasteiger partial charge in [0.05, 0.1) is 12.0 Å². The van der Waals surface area contributed by atoms with Crippen molar-refractivity contribution in [1.29, 1.82) is 0 Å². The van der Waals surface area contributed by atoms with Crippen molar-refractivity contribution in [2.24, 2.45) is 5.92 Å². The van der Waals surface area contributed by atoms with Gasteiger partial charge in [0.15, 0.2) is 0 Å². The van der Waals surface area contributed by atoms with Crippen LogP contribution in [0.1, 0.15) is 24.5 Å². The number of hydrogen-bond acceptors (Lipinski definition) is 3. The van der Waals surface area contributed by atoms with Crippen LogP contribution >= 0.6 is 0 Å². The van der Waals surface area contributed by atoms with Gasteiger partial charge in [0, 0.05) is 6.61 Å². The van der Waals surface area contributed by atoms with Gasteiger partial charge in [-0.15, -0.1) is 13.2 Å². The Morgan fingerprint density at radius 3 is 2.80 bits per heavy atom. The molecule has 0 radical (unpaired) electrons. The highest BCUT2D eigenvalue weighted by Gasteiger charge is 2.34. The second-order valence-corrected chi connectivity index (χ2v) is 4.50. The topological polar surface area (TPSA) is 55.8 Å². The lowest BCUT2D eigenvalue weighted by atomic mass is 9.89. The molecule has 2 atom stereocenters. The zero-order chi connectivity index (χ0) is 14.8. The van der Waals surface area contributed by atoms with E-state index in [-0.39, 0.29) is 5.75 Å². The molecule has 0 spiro atoms. The van der Waals surface area contributed by atoms with Crippen molar-refractivity contribution in [3.63, 3.8) is 0 Å². The van der Waals surface area contributed by atoms with Gasteiger partial charge in [-0.05, 0) is 30.5 Å². The second kappa shape index (κ2) is 5.70. The van der Waals surface area contributed by atoms with Gasteiger partial charge >= 0.3 is 12.3 Å². The zero-order valence-corrected chi connectivity index (χ0v) is 10.4. The number of aliphatic carboxylic acids is 1. The van der Waals surface area contributed by atoms with Crippen LogP contribution in [0.2, 0.25) is 0 Å². The Kier molecular flexibility index (Phi) is 4.17. The van der Waals surface area contributed by atoms with E-state index in [4.69, 9.17) is 9.84 Å². The van der Waals surface area contributed by atoms with Crippen LogP contribution in [0.3, 0.4) is 0 Å². The third-order valence-electron chi connectivity index (χ3n) is 3.06. The molecule has 0 bridgehead atoms. The SMILES string of the molecule is O=C(O)C1CCCOC1c1cccc(OC(F)(F)F)c1. The van der Waals surface area contributed by atoms with Gasteiger partial charge < -0.3 is 14.6 Å². The summed E-state index contributed by atoms with van der Waals surface area (Å²) in [5.41, 5.74) is 0.374. The van der Waals surface area contributed by atoms with Gasteiger partial charge in [-0.25, -0.2) is 0 Å². The molecule has 1 saturated heterocycles.